The van der Waals surface area contributed by atoms with Crippen LogP contribution in [0.3, 0.4) is 0 Å². The van der Waals surface area contributed by atoms with E-state index >= 15 is 0 Å². The molecule has 2 N–H and O–H groups in total. The number of hydroxylamine groups is 1. The van der Waals surface area contributed by atoms with E-state index in [9.17, 15) is 18.0 Å². The Bertz CT molecular complexity index is 1100. The Kier molecular flexibility index (Phi) is 17.2. The first-order chi connectivity index (χ1) is 21.0. The molecule has 0 bridgehead atoms. The van der Waals surface area contributed by atoms with Crippen LogP contribution in [-0.2, 0) is 29.2 Å². The Balaban J connectivity index is 2.30. The number of hydrazine groups is 1. The summed E-state index contributed by atoms with van der Waals surface area (Å²) >= 11 is 0. The molecule has 0 aliphatic carbocycles. The molecule has 1 fully saturated rings. The molecule has 0 spiro atoms. The third kappa shape index (κ3) is 13.8. The van der Waals surface area contributed by atoms with E-state index < -0.39 is 40.0 Å². The Morgan fingerprint density at radius 2 is 1.73 bits per heavy atom. The molecule has 1 aliphatic heterocycles. The molecule has 1 heterocycles. The lowest BCUT2D eigenvalue weighted by Crippen LogP contribution is -2.53. The maximum Gasteiger partial charge on any atom is 0.247 e. The fourth-order valence-corrected chi connectivity index (χ4v) is 6.69. The average Bonchev–Trinajstić information content (AvgIpc) is 2.99. The molecule has 1 aliphatic rings. The summed E-state index contributed by atoms with van der Waals surface area (Å²) in [4.78, 5) is 35.4. The van der Waals surface area contributed by atoms with Gasteiger partial charge in [0.25, 0.3) is 0 Å². The predicted octanol–water partition coefficient (Wildman–Crippen LogP) is 4.99. The highest BCUT2D eigenvalue weighted by Gasteiger charge is 2.36. The molecule has 250 valence electrons. The number of allylic oxidation sites excluding steroid dienone is 1. The summed E-state index contributed by atoms with van der Waals surface area (Å²) in [6.45, 7) is 14.9. The molecule has 1 saturated heterocycles. The van der Waals surface area contributed by atoms with Crippen LogP contribution in [0.5, 0.6) is 0 Å². The maximum absolute atomic E-state index is 14.0. The lowest BCUT2D eigenvalue weighted by molar-refractivity contribution is -0.203. The zero-order valence-corrected chi connectivity index (χ0v) is 28.5. The second-order valence-corrected chi connectivity index (χ2v) is 14.4. The monoisotopic (exact) mass is 636 g/mol. The zero-order chi connectivity index (χ0) is 32.5. The standard InChI is InChI=1S/C33H56N4O6S/c1-7-36(8-2)21-15-23-44(40,41)37(25-27(5)6)34-32(38)30(24-26(3)4)29(19-14-18-28-16-10-9-11-17-28)33(39)35-43-31-20-12-13-22-42-31/h9-11,14,16-18,26-27,29-31H,7-8,12-13,15,19-25H2,1-6H3,(H,34,38)(H,35,39)/t29-,30+,31?/m0/s1. The summed E-state index contributed by atoms with van der Waals surface area (Å²) in [7, 11) is -3.79. The summed E-state index contributed by atoms with van der Waals surface area (Å²) < 4.78 is 33.7. The van der Waals surface area contributed by atoms with Crippen LogP contribution in [0.4, 0.5) is 0 Å². The van der Waals surface area contributed by atoms with Gasteiger partial charge in [-0.15, -0.1) is 4.41 Å². The SMILES string of the molecule is CCN(CC)CCCS(=O)(=O)N(CC(C)C)NC(=O)[C@H](CC(C)C)[C@H](CC=Cc1ccccc1)C(=O)NOC1CCCCO1. The molecule has 2 rings (SSSR count). The van der Waals surface area contributed by atoms with Crippen LogP contribution in [-0.4, -0.2) is 74.4 Å². The molecule has 11 heteroatoms. The van der Waals surface area contributed by atoms with Crippen LogP contribution in [0.15, 0.2) is 36.4 Å². The first-order valence-electron chi connectivity index (χ1n) is 16.3. The minimum Gasteiger partial charge on any atom is -0.350 e. The van der Waals surface area contributed by atoms with Gasteiger partial charge in [-0.2, -0.15) is 0 Å². The van der Waals surface area contributed by atoms with E-state index in [4.69, 9.17) is 9.57 Å². The highest BCUT2D eigenvalue weighted by molar-refractivity contribution is 7.89. The van der Waals surface area contributed by atoms with Gasteiger partial charge in [-0.3, -0.25) is 15.0 Å². The zero-order valence-electron chi connectivity index (χ0n) is 27.7. The number of hydrogen-bond donors (Lipinski definition) is 2. The lowest BCUT2D eigenvalue weighted by Gasteiger charge is -2.31. The Morgan fingerprint density at radius 1 is 1.02 bits per heavy atom. The Hall–Kier alpha value is -2.31. The van der Waals surface area contributed by atoms with Crippen molar-refractivity contribution in [2.45, 2.75) is 86.4 Å². The van der Waals surface area contributed by atoms with Crippen LogP contribution >= 0.6 is 0 Å². The summed E-state index contributed by atoms with van der Waals surface area (Å²) in [5.41, 5.74) is 6.27. The third-order valence-corrected chi connectivity index (χ3v) is 9.40. The highest BCUT2D eigenvalue weighted by atomic mass is 32.2. The van der Waals surface area contributed by atoms with Gasteiger partial charge in [0.2, 0.25) is 21.8 Å². The second-order valence-electron chi connectivity index (χ2n) is 12.4. The van der Waals surface area contributed by atoms with E-state index in [2.05, 4.69) is 15.8 Å². The van der Waals surface area contributed by atoms with E-state index in [0.717, 1.165) is 35.9 Å². The molecule has 3 atom stereocenters. The van der Waals surface area contributed by atoms with Crippen molar-refractivity contribution in [3.8, 4) is 0 Å². The van der Waals surface area contributed by atoms with Crippen molar-refractivity contribution in [3.05, 3.63) is 42.0 Å². The molecule has 0 aromatic heterocycles. The van der Waals surface area contributed by atoms with E-state index in [1.54, 1.807) is 0 Å². The largest absolute Gasteiger partial charge is 0.350 e. The minimum absolute atomic E-state index is 0.0202. The van der Waals surface area contributed by atoms with Crippen molar-refractivity contribution >= 4 is 27.9 Å². The minimum atomic E-state index is -3.79. The van der Waals surface area contributed by atoms with Crippen molar-refractivity contribution < 1.29 is 27.6 Å². The molecule has 2 amide bonds. The lowest BCUT2D eigenvalue weighted by atomic mass is 9.82. The number of nitrogens with zero attached hydrogens (tertiary/aromatic N) is 2. The summed E-state index contributed by atoms with van der Waals surface area (Å²) in [5.74, 6) is -2.55. The number of nitrogens with one attached hydrogen (secondary N) is 2. The highest BCUT2D eigenvalue weighted by Crippen LogP contribution is 2.26. The van der Waals surface area contributed by atoms with Crippen LogP contribution < -0.4 is 10.9 Å². The molecular weight excluding hydrogens is 580 g/mol. The van der Waals surface area contributed by atoms with Crippen LogP contribution in [0, 0.1) is 23.7 Å². The quantitative estimate of drug-likeness (QED) is 0.194. The summed E-state index contributed by atoms with van der Waals surface area (Å²) in [6, 6.07) is 9.72. The van der Waals surface area contributed by atoms with Gasteiger partial charge in [0, 0.05) is 19.6 Å². The smallest absolute Gasteiger partial charge is 0.247 e. The number of rotatable bonds is 20. The summed E-state index contributed by atoms with van der Waals surface area (Å²) in [5, 5.41) is 0. The number of benzene rings is 1. The molecule has 0 radical (unpaired) electrons. The fraction of sp³-hybridized carbons (Fsp3) is 0.697. The number of ether oxygens (including phenoxy) is 1. The van der Waals surface area contributed by atoms with Crippen LogP contribution in [0.1, 0.15) is 85.6 Å². The number of amides is 2. The van der Waals surface area contributed by atoms with Crippen LogP contribution in [0.2, 0.25) is 0 Å². The fourth-order valence-electron chi connectivity index (χ4n) is 5.22. The number of carbonyl (C=O) groups excluding carboxylic acids is 2. The van der Waals surface area contributed by atoms with Crippen molar-refractivity contribution in [3.63, 3.8) is 0 Å². The molecule has 10 nitrogen and oxygen atoms in total. The van der Waals surface area contributed by atoms with Gasteiger partial charge >= 0.3 is 0 Å². The predicted molar refractivity (Wildman–Crippen MR) is 175 cm³/mol. The normalized spacial score (nSPS) is 17.5. The van der Waals surface area contributed by atoms with Gasteiger partial charge in [-0.25, -0.2) is 18.7 Å². The summed E-state index contributed by atoms with van der Waals surface area (Å²) in [6.07, 6.45) is 6.94. The second kappa shape index (κ2) is 19.9. The molecule has 1 aromatic rings. The molecule has 0 saturated carbocycles. The van der Waals surface area contributed by atoms with Crippen molar-refractivity contribution in [1.82, 2.24) is 20.2 Å². The van der Waals surface area contributed by atoms with Gasteiger partial charge < -0.3 is 9.64 Å². The molecule has 1 aromatic carbocycles. The van der Waals surface area contributed by atoms with Crippen LogP contribution in [0.25, 0.3) is 6.08 Å². The first-order valence-corrected chi connectivity index (χ1v) is 17.9. The van der Waals surface area contributed by atoms with E-state index in [1.165, 1.54) is 0 Å². The number of carbonyl (C=O) groups is 2. The Labute approximate surface area is 265 Å². The average molecular weight is 637 g/mol. The van der Waals surface area contributed by atoms with E-state index in [1.807, 2.05) is 84.0 Å². The van der Waals surface area contributed by atoms with Crippen molar-refractivity contribution in [1.29, 1.82) is 0 Å². The molecule has 44 heavy (non-hydrogen) atoms. The van der Waals surface area contributed by atoms with Gasteiger partial charge in [0.05, 0.1) is 17.6 Å². The third-order valence-electron chi connectivity index (χ3n) is 7.69. The van der Waals surface area contributed by atoms with Gasteiger partial charge in [0.15, 0.2) is 6.29 Å². The van der Waals surface area contributed by atoms with Crippen molar-refractivity contribution in [2.24, 2.45) is 23.7 Å². The Morgan fingerprint density at radius 3 is 2.32 bits per heavy atom. The number of sulfonamides is 1. The molecule has 1 unspecified atom stereocenters. The maximum atomic E-state index is 14.0. The van der Waals surface area contributed by atoms with Gasteiger partial charge in [0.1, 0.15) is 0 Å². The topological polar surface area (TPSA) is 117 Å². The van der Waals surface area contributed by atoms with Gasteiger partial charge in [-0.1, -0.05) is 84.0 Å². The van der Waals surface area contributed by atoms with E-state index in [0.29, 0.717) is 32.4 Å². The van der Waals surface area contributed by atoms with Gasteiger partial charge in [-0.05, 0) is 69.1 Å². The number of hydrogen-bond acceptors (Lipinski definition) is 7. The van der Waals surface area contributed by atoms with Crippen molar-refractivity contribution in [2.75, 3.05) is 38.5 Å². The van der Waals surface area contributed by atoms with E-state index in [-0.39, 0.29) is 30.6 Å². The molecular formula is C33H56N4O6S. The first kappa shape index (κ1) is 37.9.